The molecule has 5 aromatic rings. The summed E-state index contributed by atoms with van der Waals surface area (Å²) in [5, 5.41) is 4.32. The number of imidazole rings is 1. The van der Waals surface area contributed by atoms with Crippen LogP contribution in [-0.2, 0) is 25.0 Å². The van der Waals surface area contributed by atoms with Crippen LogP contribution in [0.25, 0.3) is 22.3 Å². The van der Waals surface area contributed by atoms with Crippen molar-refractivity contribution in [1.29, 1.82) is 0 Å². The van der Waals surface area contributed by atoms with Gasteiger partial charge in [-0.3, -0.25) is 9.69 Å². The SMILES string of the molecule is Cn1c(CN2CCCC2C(N)=O)cnc1-c1ccc2ncnc(Nc3ccc(OCc4ccccc4)cc3)c2c1. The van der Waals surface area contributed by atoms with Crippen LogP contribution in [0.1, 0.15) is 24.1 Å². The Morgan fingerprint density at radius 1 is 1.05 bits per heavy atom. The van der Waals surface area contributed by atoms with Gasteiger partial charge in [-0.25, -0.2) is 15.0 Å². The third-order valence-corrected chi connectivity index (χ3v) is 7.40. The summed E-state index contributed by atoms with van der Waals surface area (Å²) in [6.07, 6.45) is 5.22. The van der Waals surface area contributed by atoms with Gasteiger partial charge in [0.15, 0.2) is 0 Å². The van der Waals surface area contributed by atoms with Gasteiger partial charge >= 0.3 is 0 Å². The number of anilines is 2. The fourth-order valence-corrected chi connectivity index (χ4v) is 5.21. The maximum atomic E-state index is 11.8. The van der Waals surface area contributed by atoms with Gasteiger partial charge in [0.05, 0.1) is 23.4 Å². The Hall–Kier alpha value is -4.76. The van der Waals surface area contributed by atoms with Gasteiger partial charge in [-0.2, -0.15) is 0 Å². The molecule has 6 rings (SSSR count). The third kappa shape index (κ3) is 5.37. The van der Waals surface area contributed by atoms with E-state index in [0.29, 0.717) is 19.0 Å². The van der Waals surface area contributed by atoms with Crippen LogP contribution in [0.3, 0.4) is 0 Å². The van der Waals surface area contributed by atoms with Gasteiger partial charge in [-0.1, -0.05) is 30.3 Å². The highest BCUT2D eigenvalue weighted by Gasteiger charge is 2.29. The molecule has 0 radical (unpaired) electrons. The first kappa shape index (κ1) is 25.5. The van der Waals surface area contributed by atoms with E-state index in [4.69, 9.17) is 15.5 Å². The average molecular weight is 534 g/mol. The van der Waals surface area contributed by atoms with E-state index in [0.717, 1.165) is 64.4 Å². The molecule has 0 saturated carbocycles. The number of carbonyl (C=O) groups is 1. The number of primary amides is 1. The molecule has 1 saturated heterocycles. The number of carbonyl (C=O) groups excluding carboxylic acids is 1. The van der Waals surface area contributed by atoms with Gasteiger partial charge in [0.2, 0.25) is 5.91 Å². The molecule has 1 atom stereocenters. The number of fused-ring (bicyclic) bond motifs is 1. The Balaban J connectivity index is 1.20. The molecule has 1 amide bonds. The van der Waals surface area contributed by atoms with Gasteiger partial charge in [0.25, 0.3) is 0 Å². The topological polar surface area (TPSA) is 111 Å². The van der Waals surface area contributed by atoms with Crippen LogP contribution in [0.5, 0.6) is 5.75 Å². The van der Waals surface area contributed by atoms with Crippen molar-refractivity contribution >= 4 is 28.3 Å². The van der Waals surface area contributed by atoms with E-state index < -0.39 is 0 Å². The third-order valence-electron chi connectivity index (χ3n) is 7.40. The molecule has 9 nitrogen and oxygen atoms in total. The summed E-state index contributed by atoms with van der Waals surface area (Å²) < 4.78 is 7.99. The Labute approximate surface area is 232 Å². The molecule has 1 fully saturated rings. The zero-order chi connectivity index (χ0) is 27.5. The number of likely N-dealkylation sites (tertiary alicyclic amines) is 1. The molecule has 1 aliphatic rings. The molecule has 2 aromatic heterocycles. The Kier molecular flexibility index (Phi) is 7.11. The zero-order valence-electron chi connectivity index (χ0n) is 22.3. The summed E-state index contributed by atoms with van der Waals surface area (Å²) in [5.74, 6) is 2.08. The molecular formula is C31H31N7O2. The van der Waals surface area contributed by atoms with Crippen LogP contribution in [0.2, 0.25) is 0 Å². The number of nitrogens with one attached hydrogen (secondary N) is 1. The minimum Gasteiger partial charge on any atom is -0.489 e. The molecule has 1 aliphatic heterocycles. The highest BCUT2D eigenvalue weighted by atomic mass is 16.5. The van der Waals surface area contributed by atoms with Crippen LogP contribution in [0.15, 0.2) is 85.3 Å². The lowest BCUT2D eigenvalue weighted by atomic mass is 10.1. The van der Waals surface area contributed by atoms with Crippen LogP contribution in [0, 0.1) is 0 Å². The number of benzene rings is 3. The van der Waals surface area contributed by atoms with Crippen molar-refractivity contribution in [2.75, 3.05) is 11.9 Å². The smallest absolute Gasteiger partial charge is 0.234 e. The molecule has 40 heavy (non-hydrogen) atoms. The van der Waals surface area contributed by atoms with Crippen LogP contribution >= 0.6 is 0 Å². The summed E-state index contributed by atoms with van der Waals surface area (Å²) in [7, 11) is 2.00. The van der Waals surface area contributed by atoms with E-state index in [1.54, 1.807) is 6.33 Å². The van der Waals surface area contributed by atoms with E-state index in [1.807, 2.05) is 80.0 Å². The van der Waals surface area contributed by atoms with Crippen LogP contribution in [-0.4, -0.2) is 42.9 Å². The lowest BCUT2D eigenvalue weighted by Gasteiger charge is -2.21. The second-order valence-corrected chi connectivity index (χ2v) is 10.0. The average Bonchev–Trinajstić information content (AvgIpc) is 3.60. The van der Waals surface area contributed by atoms with Gasteiger partial charge in [0, 0.05) is 30.2 Å². The lowest BCUT2D eigenvalue weighted by molar-refractivity contribution is -0.122. The van der Waals surface area contributed by atoms with Crippen LogP contribution in [0.4, 0.5) is 11.5 Å². The van der Waals surface area contributed by atoms with E-state index in [2.05, 4.69) is 30.8 Å². The first-order valence-corrected chi connectivity index (χ1v) is 13.4. The summed E-state index contributed by atoms with van der Waals surface area (Å²) in [6, 6.07) is 23.8. The molecular weight excluding hydrogens is 502 g/mol. The van der Waals surface area contributed by atoms with Gasteiger partial charge in [-0.15, -0.1) is 0 Å². The predicted molar refractivity (Wildman–Crippen MR) is 155 cm³/mol. The molecule has 3 aromatic carbocycles. The number of rotatable bonds is 9. The lowest BCUT2D eigenvalue weighted by Crippen LogP contribution is -2.40. The van der Waals surface area contributed by atoms with Crippen molar-refractivity contribution in [1.82, 2.24) is 24.4 Å². The number of nitrogens with two attached hydrogens (primary N) is 1. The maximum Gasteiger partial charge on any atom is 0.234 e. The number of aromatic nitrogens is 4. The monoisotopic (exact) mass is 533 g/mol. The largest absolute Gasteiger partial charge is 0.489 e. The van der Waals surface area contributed by atoms with E-state index in [9.17, 15) is 4.79 Å². The maximum absolute atomic E-state index is 11.8. The Morgan fingerprint density at radius 2 is 1.88 bits per heavy atom. The predicted octanol–water partition coefficient (Wildman–Crippen LogP) is 4.80. The second-order valence-electron chi connectivity index (χ2n) is 10.0. The summed E-state index contributed by atoms with van der Waals surface area (Å²) in [4.78, 5) is 27.7. The number of amides is 1. The van der Waals surface area contributed by atoms with Crippen LogP contribution < -0.4 is 15.8 Å². The highest BCUT2D eigenvalue weighted by Crippen LogP contribution is 2.29. The van der Waals surface area contributed by atoms with Gasteiger partial charge in [0.1, 0.15) is 30.3 Å². The van der Waals surface area contributed by atoms with Crippen molar-refractivity contribution in [2.24, 2.45) is 12.8 Å². The minimum atomic E-state index is -0.260. The highest BCUT2D eigenvalue weighted by molar-refractivity contribution is 5.93. The summed E-state index contributed by atoms with van der Waals surface area (Å²) in [5.41, 5.74) is 10.4. The van der Waals surface area contributed by atoms with E-state index in [1.165, 1.54) is 0 Å². The first-order valence-electron chi connectivity index (χ1n) is 13.4. The Morgan fingerprint density at radius 3 is 2.67 bits per heavy atom. The fourth-order valence-electron chi connectivity index (χ4n) is 5.21. The molecule has 9 heteroatoms. The molecule has 3 heterocycles. The molecule has 3 N–H and O–H groups in total. The second kappa shape index (κ2) is 11.2. The zero-order valence-corrected chi connectivity index (χ0v) is 22.3. The standard InChI is InChI=1S/C31H31N7O2/c1-37-24(18-38-15-5-8-28(38)29(32)39)17-33-31(37)22-9-14-27-26(16-22)30(35-20-34-27)36-23-10-12-25(13-11-23)40-19-21-6-3-2-4-7-21/h2-4,6-7,9-14,16-17,20,28H,5,8,15,18-19H2,1H3,(H2,32,39)(H,34,35,36). The molecule has 0 aliphatic carbocycles. The van der Waals surface area contributed by atoms with Gasteiger partial charge < -0.3 is 20.4 Å². The van der Waals surface area contributed by atoms with Crippen molar-refractivity contribution < 1.29 is 9.53 Å². The minimum absolute atomic E-state index is 0.214. The van der Waals surface area contributed by atoms with E-state index in [-0.39, 0.29) is 11.9 Å². The van der Waals surface area contributed by atoms with Crippen molar-refractivity contribution in [2.45, 2.75) is 32.0 Å². The molecule has 0 bridgehead atoms. The quantitative estimate of drug-likeness (QED) is 0.280. The number of ether oxygens (including phenoxy) is 1. The first-order chi connectivity index (χ1) is 19.5. The fraction of sp³-hybridized carbons (Fsp3) is 0.226. The van der Waals surface area contributed by atoms with E-state index >= 15 is 0 Å². The Bertz CT molecular complexity index is 1630. The molecule has 0 spiro atoms. The molecule has 1 unspecified atom stereocenters. The summed E-state index contributed by atoms with van der Waals surface area (Å²) >= 11 is 0. The number of hydrogen-bond donors (Lipinski definition) is 2. The van der Waals surface area contributed by atoms with Crippen molar-refractivity contribution in [3.05, 3.63) is 96.6 Å². The summed E-state index contributed by atoms with van der Waals surface area (Å²) in [6.45, 7) is 2.01. The number of nitrogens with zero attached hydrogens (tertiary/aromatic N) is 5. The molecule has 202 valence electrons. The number of hydrogen-bond acceptors (Lipinski definition) is 7. The normalized spacial score (nSPS) is 15.4. The van der Waals surface area contributed by atoms with Crippen molar-refractivity contribution in [3.8, 4) is 17.1 Å². The van der Waals surface area contributed by atoms with Gasteiger partial charge in [-0.05, 0) is 67.4 Å². The van der Waals surface area contributed by atoms with Crippen molar-refractivity contribution in [3.63, 3.8) is 0 Å².